The Bertz CT molecular complexity index is 889. The van der Waals surface area contributed by atoms with Crippen LogP contribution in [0, 0.1) is 0 Å². The van der Waals surface area contributed by atoms with Gasteiger partial charge in [-0.15, -0.1) is 0 Å². The molecule has 1 N–H and O–H groups in total. The molecule has 2 aromatic rings. The molecule has 0 atom stereocenters. The molecule has 0 unspecified atom stereocenters. The molecule has 2 aromatic carbocycles. The van der Waals surface area contributed by atoms with Crippen LogP contribution in [0.15, 0.2) is 46.9 Å². The lowest BCUT2D eigenvalue weighted by molar-refractivity contribution is -0.116. The Hall–Kier alpha value is -1.28. The van der Waals surface area contributed by atoms with Gasteiger partial charge in [0, 0.05) is 28.1 Å². The number of anilines is 2. The average Bonchev–Trinajstić information content (AvgIpc) is 2.55. The fourth-order valence-electron chi connectivity index (χ4n) is 2.27. The van der Waals surface area contributed by atoms with E-state index in [1.54, 1.807) is 42.5 Å². The second kappa shape index (κ2) is 9.08. The number of halogens is 3. The second-order valence-electron chi connectivity index (χ2n) is 5.59. The van der Waals surface area contributed by atoms with Crippen molar-refractivity contribution in [2.45, 2.75) is 12.8 Å². The molecule has 0 bridgehead atoms. The normalized spacial score (nSPS) is 11.2. The fourth-order valence-corrected chi connectivity index (χ4v) is 3.79. The van der Waals surface area contributed by atoms with Gasteiger partial charge in [-0.2, -0.15) is 0 Å². The van der Waals surface area contributed by atoms with Crippen LogP contribution in [0.4, 0.5) is 11.4 Å². The first kappa shape index (κ1) is 21.0. The van der Waals surface area contributed by atoms with Gasteiger partial charge in [-0.25, -0.2) is 8.42 Å². The Balaban J connectivity index is 1.95. The summed E-state index contributed by atoms with van der Waals surface area (Å²) in [6.45, 7) is 0.189. The van der Waals surface area contributed by atoms with Crippen molar-refractivity contribution in [1.29, 1.82) is 0 Å². The third-order valence-electron chi connectivity index (χ3n) is 3.48. The van der Waals surface area contributed by atoms with Crippen LogP contribution in [0.5, 0.6) is 0 Å². The first-order valence-electron chi connectivity index (χ1n) is 7.65. The van der Waals surface area contributed by atoms with Gasteiger partial charge in [0.25, 0.3) is 0 Å². The molecule has 0 aliphatic rings. The Morgan fingerprint density at radius 1 is 1.15 bits per heavy atom. The summed E-state index contributed by atoms with van der Waals surface area (Å²) < 4.78 is 26.0. The Kier molecular flexibility index (Phi) is 7.34. The highest BCUT2D eigenvalue weighted by Gasteiger charge is 2.17. The topological polar surface area (TPSA) is 66.5 Å². The number of hydrogen-bond donors (Lipinski definition) is 1. The summed E-state index contributed by atoms with van der Waals surface area (Å²) in [6.07, 6.45) is 1.67. The number of carbonyl (C=O) groups is 1. The predicted octanol–water partition coefficient (Wildman–Crippen LogP) is 4.94. The minimum atomic E-state index is -3.46. The molecular formula is C17H17BrCl2N2O3S. The summed E-state index contributed by atoms with van der Waals surface area (Å²) in [5.74, 6) is -0.215. The number of nitrogens with one attached hydrogen (secondary N) is 1. The standard InChI is InChI=1S/C17H17BrCl2N2O3S/c1-26(24,25)22(14-7-4-12(19)5-8-14)10-2-3-17(23)21-13-6-9-15(18)16(20)11-13/h4-9,11H,2-3,10H2,1H3,(H,21,23). The van der Waals surface area contributed by atoms with Crippen molar-refractivity contribution < 1.29 is 13.2 Å². The molecule has 0 aliphatic carbocycles. The van der Waals surface area contributed by atoms with E-state index in [4.69, 9.17) is 23.2 Å². The Morgan fingerprint density at radius 2 is 1.81 bits per heavy atom. The highest BCUT2D eigenvalue weighted by atomic mass is 79.9. The van der Waals surface area contributed by atoms with E-state index in [1.807, 2.05) is 0 Å². The van der Waals surface area contributed by atoms with Gasteiger partial charge in [0.15, 0.2) is 0 Å². The minimum Gasteiger partial charge on any atom is -0.326 e. The van der Waals surface area contributed by atoms with Crippen LogP contribution in [0.25, 0.3) is 0 Å². The number of benzene rings is 2. The van der Waals surface area contributed by atoms with Crippen molar-refractivity contribution in [1.82, 2.24) is 0 Å². The zero-order valence-corrected chi connectivity index (χ0v) is 17.8. The average molecular weight is 480 g/mol. The van der Waals surface area contributed by atoms with Crippen molar-refractivity contribution in [3.63, 3.8) is 0 Å². The smallest absolute Gasteiger partial charge is 0.232 e. The van der Waals surface area contributed by atoms with Crippen molar-refractivity contribution >= 4 is 66.4 Å². The second-order valence-corrected chi connectivity index (χ2v) is 9.20. The summed E-state index contributed by atoms with van der Waals surface area (Å²) >= 11 is 15.1. The van der Waals surface area contributed by atoms with Crippen LogP contribution in [0.3, 0.4) is 0 Å². The molecular weight excluding hydrogens is 463 g/mol. The van der Waals surface area contributed by atoms with E-state index < -0.39 is 10.0 Å². The third kappa shape index (κ3) is 6.16. The maximum atomic E-state index is 12.1. The first-order valence-corrected chi connectivity index (χ1v) is 11.0. The Labute approximate surface area is 171 Å². The van der Waals surface area contributed by atoms with E-state index in [0.29, 0.717) is 27.8 Å². The van der Waals surface area contributed by atoms with Crippen LogP contribution < -0.4 is 9.62 Å². The molecule has 0 aliphatic heterocycles. The fraction of sp³-hybridized carbons (Fsp3) is 0.235. The molecule has 0 spiro atoms. The van der Waals surface area contributed by atoms with E-state index >= 15 is 0 Å². The molecule has 140 valence electrons. The summed E-state index contributed by atoms with van der Waals surface area (Å²) in [5, 5.41) is 3.76. The molecule has 0 heterocycles. The van der Waals surface area contributed by atoms with E-state index in [2.05, 4.69) is 21.2 Å². The minimum absolute atomic E-state index is 0.174. The molecule has 9 heteroatoms. The Morgan fingerprint density at radius 3 is 2.38 bits per heavy atom. The van der Waals surface area contributed by atoms with Crippen LogP contribution >= 0.6 is 39.1 Å². The molecule has 0 saturated heterocycles. The van der Waals surface area contributed by atoms with Gasteiger partial charge in [-0.1, -0.05) is 23.2 Å². The van der Waals surface area contributed by atoms with E-state index in [0.717, 1.165) is 10.7 Å². The van der Waals surface area contributed by atoms with Crippen molar-refractivity contribution in [2.24, 2.45) is 0 Å². The maximum Gasteiger partial charge on any atom is 0.232 e. The van der Waals surface area contributed by atoms with Crippen molar-refractivity contribution in [3.05, 3.63) is 57.0 Å². The molecule has 5 nitrogen and oxygen atoms in total. The monoisotopic (exact) mass is 478 g/mol. The lowest BCUT2D eigenvalue weighted by Crippen LogP contribution is -2.31. The van der Waals surface area contributed by atoms with Gasteiger partial charge >= 0.3 is 0 Å². The summed E-state index contributed by atoms with van der Waals surface area (Å²) in [7, 11) is -3.46. The highest BCUT2D eigenvalue weighted by Crippen LogP contribution is 2.26. The number of hydrogen-bond acceptors (Lipinski definition) is 3. The predicted molar refractivity (Wildman–Crippen MR) is 111 cm³/mol. The number of nitrogens with zero attached hydrogens (tertiary/aromatic N) is 1. The van der Waals surface area contributed by atoms with E-state index in [1.165, 1.54) is 4.31 Å². The quantitative estimate of drug-likeness (QED) is 0.611. The number of carbonyl (C=O) groups excluding carboxylic acids is 1. The summed E-state index contributed by atoms with van der Waals surface area (Å²) in [5.41, 5.74) is 1.10. The van der Waals surface area contributed by atoms with Gasteiger partial charge in [0.05, 0.1) is 17.0 Å². The zero-order valence-electron chi connectivity index (χ0n) is 13.9. The summed E-state index contributed by atoms with van der Waals surface area (Å²) in [6, 6.07) is 11.6. The molecule has 26 heavy (non-hydrogen) atoms. The molecule has 0 aromatic heterocycles. The third-order valence-corrected chi connectivity index (χ3v) is 6.16. The van der Waals surface area contributed by atoms with Gasteiger partial charge in [-0.3, -0.25) is 9.10 Å². The van der Waals surface area contributed by atoms with Crippen LogP contribution in [0.1, 0.15) is 12.8 Å². The van der Waals surface area contributed by atoms with Crippen LogP contribution in [-0.4, -0.2) is 27.1 Å². The SMILES string of the molecule is CS(=O)(=O)N(CCCC(=O)Nc1ccc(Br)c(Cl)c1)c1ccc(Cl)cc1. The lowest BCUT2D eigenvalue weighted by atomic mass is 10.2. The van der Waals surface area contributed by atoms with Gasteiger partial charge < -0.3 is 5.32 Å². The van der Waals surface area contributed by atoms with Crippen molar-refractivity contribution in [2.75, 3.05) is 22.4 Å². The number of rotatable bonds is 7. The highest BCUT2D eigenvalue weighted by molar-refractivity contribution is 9.10. The molecule has 1 amide bonds. The number of amides is 1. The maximum absolute atomic E-state index is 12.1. The van der Waals surface area contributed by atoms with Crippen LogP contribution in [-0.2, 0) is 14.8 Å². The van der Waals surface area contributed by atoms with Gasteiger partial charge in [0.2, 0.25) is 15.9 Å². The van der Waals surface area contributed by atoms with Gasteiger partial charge in [-0.05, 0) is 64.8 Å². The van der Waals surface area contributed by atoms with Gasteiger partial charge in [0.1, 0.15) is 0 Å². The number of sulfonamides is 1. The van der Waals surface area contributed by atoms with Crippen LogP contribution in [0.2, 0.25) is 10.0 Å². The summed E-state index contributed by atoms with van der Waals surface area (Å²) in [4.78, 5) is 12.1. The molecule has 0 radical (unpaired) electrons. The van der Waals surface area contributed by atoms with Crippen molar-refractivity contribution in [3.8, 4) is 0 Å². The molecule has 0 saturated carbocycles. The molecule has 0 fully saturated rings. The largest absolute Gasteiger partial charge is 0.326 e. The van der Waals surface area contributed by atoms with E-state index in [9.17, 15) is 13.2 Å². The lowest BCUT2D eigenvalue weighted by Gasteiger charge is -2.22. The molecule has 2 rings (SSSR count). The first-order chi connectivity index (χ1) is 12.2. The van der Waals surface area contributed by atoms with E-state index in [-0.39, 0.29) is 18.9 Å². The zero-order chi connectivity index (χ0) is 19.3.